The van der Waals surface area contributed by atoms with E-state index in [2.05, 4.69) is 74.6 Å². The van der Waals surface area contributed by atoms with Gasteiger partial charge < -0.3 is 4.74 Å². The molecular formula is C19H29IO. The van der Waals surface area contributed by atoms with Gasteiger partial charge in [-0.25, -0.2) is 0 Å². The van der Waals surface area contributed by atoms with E-state index in [4.69, 9.17) is 4.74 Å². The van der Waals surface area contributed by atoms with E-state index in [1.54, 1.807) is 0 Å². The zero-order valence-corrected chi connectivity index (χ0v) is 16.1. The molecule has 0 heterocycles. The molecule has 1 atom stereocenters. The average Bonchev–Trinajstić information content (AvgIpc) is 2.47. The first kappa shape index (κ1) is 17.1. The first-order chi connectivity index (χ1) is 9.88. The van der Waals surface area contributed by atoms with Gasteiger partial charge in [-0.1, -0.05) is 68.8 Å². The third-order valence-corrected chi connectivity index (χ3v) is 6.54. The summed E-state index contributed by atoms with van der Waals surface area (Å²) in [5, 5.41) is 0. The molecule has 0 amide bonds. The van der Waals surface area contributed by atoms with Gasteiger partial charge in [-0.05, 0) is 49.8 Å². The standard InChI is InChI=1S/C19H29IO/c1-5-17(20)15-9-11-16(12-10-15)21-19(18(2,3)4)13-7-6-8-14-19/h9-12,17H,5-8,13-14H2,1-4H3. The average molecular weight is 400 g/mol. The topological polar surface area (TPSA) is 9.23 Å². The summed E-state index contributed by atoms with van der Waals surface area (Å²) in [7, 11) is 0. The van der Waals surface area contributed by atoms with E-state index < -0.39 is 0 Å². The van der Waals surface area contributed by atoms with Crippen molar-refractivity contribution < 1.29 is 4.74 Å². The van der Waals surface area contributed by atoms with Gasteiger partial charge >= 0.3 is 0 Å². The monoisotopic (exact) mass is 400 g/mol. The van der Waals surface area contributed by atoms with Crippen molar-refractivity contribution >= 4 is 22.6 Å². The van der Waals surface area contributed by atoms with Crippen LogP contribution >= 0.6 is 22.6 Å². The Bertz CT molecular complexity index is 438. The molecular weight excluding hydrogens is 371 g/mol. The third-order valence-electron chi connectivity index (χ3n) is 4.94. The SMILES string of the molecule is CCC(I)c1ccc(OC2(C(C)(C)C)CCCCC2)cc1. The van der Waals surface area contributed by atoms with Gasteiger partial charge in [-0.3, -0.25) is 0 Å². The molecule has 1 fully saturated rings. The molecule has 1 saturated carbocycles. The first-order valence-electron chi connectivity index (χ1n) is 8.31. The molecule has 2 rings (SSSR count). The van der Waals surface area contributed by atoms with Crippen molar-refractivity contribution in [2.75, 3.05) is 0 Å². The van der Waals surface area contributed by atoms with Crippen LogP contribution in [0.15, 0.2) is 24.3 Å². The molecule has 0 aromatic heterocycles. The molecule has 0 bridgehead atoms. The molecule has 0 spiro atoms. The normalized spacial score (nSPS) is 20.0. The third kappa shape index (κ3) is 3.94. The number of hydrogen-bond donors (Lipinski definition) is 0. The van der Waals surface area contributed by atoms with Crippen molar-refractivity contribution in [2.24, 2.45) is 5.41 Å². The second-order valence-electron chi connectivity index (χ2n) is 7.35. The lowest BCUT2D eigenvalue weighted by atomic mass is 9.68. The van der Waals surface area contributed by atoms with Crippen molar-refractivity contribution in [3.63, 3.8) is 0 Å². The van der Waals surface area contributed by atoms with Crippen LogP contribution in [-0.2, 0) is 0 Å². The quantitative estimate of drug-likeness (QED) is 0.404. The van der Waals surface area contributed by atoms with Crippen LogP contribution < -0.4 is 4.74 Å². The minimum atomic E-state index is 0.00124. The molecule has 1 aromatic carbocycles. The molecule has 1 aliphatic rings. The summed E-state index contributed by atoms with van der Waals surface area (Å²) in [5.41, 5.74) is 1.58. The van der Waals surface area contributed by atoms with Crippen LogP contribution in [0.3, 0.4) is 0 Å². The van der Waals surface area contributed by atoms with Crippen molar-refractivity contribution in [3.05, 3.63) is 29.8 Å². The highest BCUT2D eigenvalue weighted by atomic mass is 127. The van der Waals surface area contributed by atoms with Crippen LogP contribution in [-0.4, -0.2) is 5.60 Å². The highest BCUT2D eigenvalue weighted by Crippen LogP contribution is 2.45. The Hall–Kier alpha value is -0.250. The number of benzene rings is 1. The van der Waals surface area contributed by atoms with Gasteiger partial charge in [0.25, 0.3) is 0 Å². The van der Waals surface area contributed by atoms with Crippen LogP contribution in [0.25, 0.3) is 0 Å². The van der Waals surface area contributed by atoms with E-state index in [-0.39, 0.29) is 11.0 Å². The van der Waals surface area contributed by atoms with Gasteiger partial charge in [0, 0.05) is 9.34 Å². The van der Waals surface area contributed by atoms with Gasteiger partial charge in [-0.15, -0.1) is 0 Å². The van der Waals surface area contributed by atoms with Crippen LogP contribution in [0, 0.1) is 5.41 Å². The molecule has 1 aliphatic carbocycles. The van der Waals surface area contributed by atoms with Crippen LogP contribution in [0.1, 0.15) is 75.7 Å². The maximum Gasteiger partial charge on any atom is 0.120 e. The van der Waals surface area contributed by atoms with Gasteiger partial charge in [0.05, 0.1) is 0 Å². The van der Waals surface area contributed by atoms with E-state index in [0.717, 1.165) is 5.75 Å². The number of alkyl halides is 1. The molecule has 1 nitrogen and oxygen atoms in total. The van der Waals surface area contributed by atoms with Crippen molar-refractivity contribution in [2.45, 2.75) is 75.7 Å². The summed E-state index contributed by atoms with van der Waals surface area (Å²) >= 11 is 2.51. The lowest BCUT2D eigenvalue weighted by Crippen LogP contribution is -2.49. The zero-order chi connectivity index (χ0) is 15.5. The highest BCUT2D eigenvalue weighted by molar-refractivity contribution is 14.1. The van der Waals surface area contributed by atoms with Crippen LogP contribution in [0.4, 0.5) is 0 Å². The van der Waals surface area contributed by atoms with Crippen molar-refractivity contribution in [1.82, 2.24) is 0 Å². The van der Waals surface area contributed by atoms with Crippen molar-refractivity contribution in [1.29, 1.82) is 0 Å². The molecule has 0 saturated heterocycles. The predicted molar refractivity (Wildman–Crippen MR) is 99.4 cm³/mol. The summed E-state index contributed by atoms with van der Waals surface area (Å²) in [6.45, 7) is 9.21. The lowest BCUT2D eigenvalue weighted by Gasteiger charge is -2.47. The maximum absolute atomic E-state index is 6.57. The molecule has 1 unspecified atom stereocenters. The summed E-state index contributed by atoms with van der Waals surface area (Å²) in [5.74, 6) is 1.04. The van der Waals surface area contributed by atoms with Crippen LogP contribution in [0.2, 0.25) is 0 Å². The number of hydrogen-bond acceptors (Lipinski definition) is 1. The first-order valence-corrected chi connectivity index (χ1v) is 9.55. The van der Waals surface area contributed by atoms with Crippen molar-refractivity contribution in [3.8, 4) is 5.75 Å². The zero-order valence-electron chi connectivity index (χ0n) is 13.9. The molecule has 0 aliphatic heterocycles. The molecule has 0 N–H and O–H groups in total. The molecule has 0 radical (unpaired) electrons. The predicted octanol–water partition coefficient (Wildman–Crippen LogP) is 6.70. The lowest BCUT2D eigenvalue weighted by molar-refractivity contribution is -0.0615. The molecule has 118 valence electrons. The summed E-state index contributed by atoms with van der Waals surface area (Å²) in [6, 6.07) is 8.79. The van der Waals surface area contributed by atoms with E-state index in [0.29, 0.717) is 3.92 Å². The Morgan fingerprint density at radius 3 is 2.14 bits per heavy atom. The largest absolute Gasteiger partial charge is 0.487 e. The fourth-order valence-electron chi connectivity index (χ4n) is 3.33. The van der Waals surface area contributed by atoms with Gasteiger partial charge in [0.1, 0.15) is 11.4 Å². The van der Waals surface area contributed by atoms with Gasteiger partial charge in [0.2, 0.25) is 0 Å². The summed E-state index contributed by atoms with van der Waals surface area (Å²) in [6.07, 6.45) is 7.48. The van der Waals surface area contributed by atoms with E-state index in [1.165, 1.54) is 44.1 Å². The molecule has 2 heteroatoms. The Labute approximate surface area is 144 Å². The second-order valence-corrected chi connectivity index (χ2v) is 8.86. The smallest absolute Gasteiger partial charge is 0.120 e. The molecule has 1 aromatic rings. The Kier molecular flexibility index (Phi) is 5.61. The highest BCUT2D eigenvalue weighted by Gasteiger charge is 2.44. The minimum Gasteiger partial charge on any atom is -0.487 e. The van der Waals surface area contributed by atoms with Gasteiger partial charge in [0.15, 0.2) is 0 Å². The number of halogens is 1. The summed E-state index contributed by atoms with van der Waals surface area (Å²) < 4.78 is 7.17. The van der Waals surface area contributed by atoms with Crippen LogP contribution in [0.5, 0.6) is 5.75 Å². The minimum absolute atomic E-state index is 0.00124. The Balaban J connectivity index is 2.17. The molecule has 21 heavy (non-hydrogen) atoms. The van der Waals surface area contributed by atoms with E-state index in [1.807, 2.05) is 0 Å². The maximum atomic E-state index is 6.57. The van der Waals surface area contributed by atoms with Gasteiger partial charge in [-0.2, -0.15) is 0 Å². The summed E-state index contributed by atoms with van der Waals surface area (Å²) in [4.78, 5) is 0. The fourth-order valence-corrected chi connectivity index (χ4v) is 3.75. The number of rotatable bonds is 4. The van der Waals surface area contributed by atoms with E-state index >= 15 is 0 Å². The Morgan fingerprint density at radius 1 is 1.10 bits per heavy atom. The van der Waals surface area contributed by atoms with E-state index in [9.17, 15) is 0 Å². The Morgan fingerprint density at radius 2 is 1.67 bits per heavy atom. The number of ether oxygens (including phenoxy) is 1. The fraction of sp³-hybridized carbons (Fsp3) is 0.684. The second kappa shape index (κ2) is 6.89.